The van der Waals surface area contributed by atoms with E-state index in [4.69, 9.17) is 4.74 Å². The number of fused-ring (bicyclic) bond motifs is 4. The van der Waals surface area contributed by atoms with E-state index in [0.717, 1.165) is 31.7 Å². The van der Waals surface area contributed by atoms with E-state index in [1.165, 1.54) is 6.07 Å². The summed E-state index contributed by atoms with van der Waals surface area (Å²) < 4.78 is 5.86. The van der Waals surface area contributed by atoms with Gasteiger partial charge < -0.3 is 19.6 Å². The van der Waals surface area contributed by atoms with E-state index in [-0.39, 0.29) is 28.4 Å². The summed E-state index contributed by atoms with van der Waals surface area (Å²) in [7, 11) is 4.08. The fourth-order valence-corrected chi connectivity index (χ4v) is 3.81. The van der Waals surface area contributed by atoms with Crippen LogP contribution in [0.3, 0.4) is 0 Å². The third-order valence-corrected chi connectivity index (χ3v) is 5.10. The Hall–Kier alpha value is -2.86. The first kappa shape index (κ1) is 17.5. The lowest BCUT2D eigenvalue weighted by Gasteiger charge is -2.34. The zero-order valence-corrected chi connectivity index (χ0v) is 15.5. The molecule has 0 unspecified atom stereocenters. The number of hydrogen-bond acceptors (Lipinski definition) is 6. The predicted molar refractivity (Wildman–Crippen MR) is 102 cm³/mol. The van der Waals surface area contributed by atoms with Crippen LogP contribution in [0.2, 0.25) is 0 Å². The highest BCUT2D eigenvalue weighted by Crippen LogP contribution is 2.42. The van der Waals surface area contributed by atoms with Crippen molar-refractivity contribution in [2.45, 2.75) is 6.42 Å². The molecule has 6 nitrogen and oxygen atoms in total. The molecule has 1 aliphatic heterocycles. The van der Waals surface area contributed by atoms with E-state index in [1.807, 2.05) is 20.2 Å². The number of phenolic OH excluding ortho intramolecular Hbond substituents is 1. The van der Waals surface area contributed by atoms with Crippen LogP contribution < -0.4 is 9.64 Å². The normalized spacial score (nSPS) is 15.3. The number of carbonyl (C=O) groups is 2. The Kier molecular flexibility index (Phi) is 4.36. The predicted octanol–water partition coefficient (Wildman–Crippen LogP) is 2.32. The number of nitrogens with zero attached hydrogens (tertiary/aromatic N) is 2. The average Bonchev–Trinajstić information content (AvgIpc) is 2.65. The molecule has 0 fully saturated rings. The van der Waals surface area contributed by atoms with Crippen LogP contribution >= 0.6 is 0 Å². The monoisotopic (exact) mass is 366 g/mol. The summed E-state index contributed by atoms with van der Waals surface area (Å²) in [6, 6.07) is 8.11. The van der Waals surface area contributed by atoms with Gasteiger partial charge in [0.15, 0.2) is 17.3 Å². The van der Waals surface area contributed by atoms with Gasteiger partial charge in [0, 0.05) is 17.7 Å². The Morgan fingerprint density at radius 2 is 1.81 bits per heavy atom. The van der Waals surface area contributed by atoms with E-state index in [2.05, 4.69) is 9.80 Å². The summed E-state index contributed by atoms with van der Waals surface area (Å²) in [4.78, 5) is 30.4. The number of phenols is 1. The third-order valence-electron chi connectivity index (χ3n) is 5.10. The number of ketones is 2. The molecule has 2 aromatic carbocycles. The molecule has 0 amide bonds. The van der Waals surface area contributed by atoms with Crippen LogP contribution in [0.4, 0.5) is 5.69 Å². The van der Waals surface area contributed by atoms with Crippen LogP contribution in [0.5, 0.6) is 11.5 Å². The van der Waals surface area contributed by atoms with Crippen LogP contribution in [0.15, 0.2) is 30.3 Å². The summed E-state index contributed by atoms with van der Waals surface area (Å²) in [5, 5.41) is 10.1. The van der Waals surface area contributed by atoms with Gasteiger partial charge in [-0.3, -0.25) is 9.59 Å². The second-order valence-corrected chi connectivity index (χ2v) is 7.19. The van der Waals surface area contributed by atoms with Crippen molar-refractivity contribution >= 4 is 17.3 Å². The maximum absolute atomic E-state index is 13.1. The Labute approximate surface area is 158 Å². The first-order valence-electron chi connectivity index (χ1n) is 9.10. The minimum atomic E-state index is -0.339. The molecule has 0 radical (unpaired) electrons. The summed E-state index contributed by atoms with van der Waals surface area (Å²) in [6.07, 6.45) is 0.993. The standard InChI is InChI=1S/C21H22N2O4/c1-22(2)9-4-10-23-11-12-27-21-15(23)8-7-14-18(21)20(26)13-5-3-6-16(24)17(13)19(14)25/h3,5-8,24H,4,9-12H2,1-2H3. The van der Waals surface area contributed by atoms with Crippen LogP contribution in [-0.2, 0) is 0 Å². The summed E-state index contributed by atoms with van der Waals surface area (Å²) >= 11 is 0. The molecule has 2 aliphatic rings. The maximum atomic E-state index is 13.1. The molecule has 27 heavy (non-hydrogen) atoms. The van der Waals surface area contributed by atoms with E-state index >= 15 is 0 Å². The Morgan fingerprint density at radius 3 is 2.59 bits per heavy atom. The number of benzene rings is 2. The summed E-state index contributed by atoms with van der Waals surface area (Å²) in [6.45, 7) is 3.05. The number of hydrogen-bond donors (Lipinski definition) is 1. The highest BCUT2D eigenvalue weighted by atomic mass is 16.5. The summed E-state index contributed by atoms with van der Waals surface area (Å²) in [5.41, 5.74) is 1.77. The van der Waals surface area contributed by atoms with Gasteiger partial charge in [-0.2, -0.15) is 0 Å². The Balaban J connectivity index is 1.76. The molecule has 0 aromatic heterocycles. The molecular weight excluding hydrogens is 344 g/mol. The van der Waals surface area contributed by atoms with Gasteiger partial charge in [0.25, 0.3) is 0 Å². The van der Waals surface area contributed by atoms with Crippen LogP contribution in [0.25, 0.3) is 0 Å². The van der Waals surface area contributed by atoms with E-state index in [0.29, 0.717) is 23.5 Å². The number of aromatic hydroxyl groups is 1. The minimum absolute atomic E-state index is 0.0774. The lowest BCUT2D eigenvalue weighted by molar-refractivity contribution is 0.0973. The van der Waals surface area contributed by atoms with Gasteiger partial charge in [-0.1, -0.05) is 12.1 Å². The smallest absolute Gasteiger partial charge is 0.198 e. The SMILES string of the molecule is CN(C)CCCN1CCOc2c1ccc1c2C(=O)c2cccc(O)c2C1=O. The van der Waals surface area contributed by atoms with Crippen molar-refractivity contribution in [3.63, 3.8) is 0 Å². The van der Waals surface area contributed by atoms with Gasteiger partial charge in [0.05, 0.1) is 23.4 Å². The number of carbonyl (C=O) groups excluding carboxylic acids is 2. The molecule has 1 N–H and O–H groups in total. The lowest BCUT2D eigenvalue weighted by Crippen LogP contribution is -2.36. The second-order valence-electron chi connectivity index (χ2n) is 7.19. The van der Waals surface area contributed by atoms with Crippen molar-refractivity contribution in [2.24, 2.45) is 0 Å². The first-order valence-corrected chi connectivity index (χ1v) is 9.10. The van der Waals surface area contributed by atoms with Gasteiger partial charge in [0.1, 0.15) is 12.4 Å². The van der Waals surface area contributed by atoms with Crippen molar-refractivity contribution in [1.82, 2.24) is 4.90 Å². The fourth-order valence-electron chi connectivity index (χ4n) is 3.81. The molecule has 6 heteroatoms. The lowest BCUT2D eigenvalue weighted by atomic mass is 9.82. The zero-order chi connectivity index (χ0) is 19.1. The van der Waals surface area contributed by atoms with Crippen molar-refractivity contribution in [1.29, 1.82) is 0 Å². The van der Waals surface area contributed by atoms with Gasteiger partial charge in [0.2, 0.25) is 0 Å². The van der Waals surface area contributed by atoms with Crippen molar-refractivity contribution in [3.05, 3.63) is 52.6 Å². The van der Waals surface area contributed by atoms with Gasteiger partial charge in [-0.05, 0) is 45.3 Å². The molecule has 1 heterocycles. The van der Waals surface area contributed by atoms with E-state index in [1.54, 1.807) is 18.2 Å². The summed E-state index contributed by atoms with van der Waals surface area (Å²) in [5.74, 6) is -0.298. The molecule has 0 saturated carbocycles. The van der Waals surface area contributed by atoms with Gasteiger partial charge in [-0.15, -0.1) is 0 Å². The topological polar surface area (TPSA) is 70.1 Å². The highest BCUT2D eigenvalue weighted by molar-refractivity contribution is 6.30. The van der Waals surface area contributed by atoms with Gasteiger partial charge >= 0.3 is 0 Å². The Bertz CT molecular complexity index is 936. The number of anilines is 1. The van der Waals surface area contributed by atoms with Crippen molar-refractivity contribution < 1.29 is 19.4 Å². The van der Waals surface area contributed by atoms with Crippen molar-refractivity contribution in [3.8, 4) is 11.5 Å². The maximum Gasteiger partial charge on any atom is 0.198 e. The molecule has 2 aromatic rings. The van der Waals surface area contributed by atoms with E-state index < -0.39 is 0 Å². The highest BCUT2D eigenvalue weighted by Gasteiger charge is 2.36. The average molecular weight is 366 g/mol. The molecule has 0 atom stereocenters. The molecule has 4 rings (SSSR count). The minimum Gasteiger partial charge on any atom is -0.507 e. The van der Waals surface area contributed by atoms with Crippen molar-refractivity contribution in [2.75, 3.05) is 45.2 Å². The molecule has 140 valence electrons. The Morgan fingerprint density at radius 1 is 1.07 bits per heavy atom. The van der Waals surface area contributed by atoms with Crippen LogP contribution in [0, 0.1) is 0 Å². The molecule has 0 bridgehead atoms. The molecule has 1 aliphatic carbocycles. The first-order chi connectivity index (χ1) is 13.0. The molecular formula is C21H22N2O4. The molecule has 0 spiro atoms. The second kappa shape index (κ2) is 6.70. The zero-order valence-electron chi connectivity index (χ0n) is 15.5. The third kappa shape index (κ3) is 2.86. The largest absolute Gasteiger partial charge is 0.507 e. The van der Waals surface area contributed by atoms with Crippen LogP contribution in [0.1, 0.15) is 38.3 Å². The van der Waals surface area contributed by atoms with Gasteiger partial charge in [-0.25, -0.2) is 0 Å². The fraction of sp³-hybridized carbons (Fsp3) is 0.333. The van der Waals surface area contributed by atoms with E-state index in [9.17, 15) is 14.7 Å². The number of rotatable bonds is 4. The van der Waals surface area contributed by atoms with Crippen LogP contribution in [-0.4, -0.2) is 61.9 Å². The molecule has 0 saturated heterocycles. The quantitative estimate of drug-likeness (QED) is 0.764. The number of ether oxygens (including phenoxy) is 1.